The van der Waals surface area contributed by atoms with E-state index in [-0.39, 0.29) is 92.3 Å². The number of carbonyl (C=O) groups is 4. The van der Waals surface area contributed by atoms with E-state index in [0.29, 0.717) is 0 Å². The first-order valence-electron chi connectivity index (χ1n) is 7.14. The third-order valence-corrected chi connectivity index (χ3v) is 3.64. The van der Waals surface area contributed by atoms with E-state index >= 15 is 0 Å². The van der Waals surface area contributed by atoms with E-state index in [1.807, 2.05) is 0 Å². The summed E-state index contributed by atoms with van der Waals surface area (Å²) in [5.74, 6) is 0. The Morgan fingerprint density at radius 1 is 0.440 bits per heavy atom. The summed E-state index contributed by atoms with van der Waals surface area (Å²) in [7, 11) is 0. The molecule has 0 bridgehead atoms. The number of hydrogen-bond acceptors (Lipinski definition) is 4. The molecule has 0 aliphatic carbocycles. The Balaban J connectivity index is 0.00000576. The van der Waals surface area contributed by atoms with Gasteiger partial charge in [0.15, 0.2) is 0 Å². The monoisotopic (exact) mass is 506 g/mol. The third kappa shape index (κ3) is 7.88. The Kier molecular flexibility index (Phi) is 10.4. The molecule has 0 unspecified atom stereocenters. The van der Waals surface area contributed by atoms with E-state index < -0.39 is 24.4 Å². The van der Waals surface area contributed by atoms with Gasteiger partial charge >= 0.3 is 24.4 Å². The number of carboxylic acid groups (broad SMARTS) is 4. The van der Waals surface area contributed by atoms with Gasteiger partial charge in [-0.2, -0.15) is 0 Å². The molecular formula is C12H20GdN4O8. The fraction of sp³-hybridized carbons (Fsp3) is 0.667. The summed E-state index contributed by atoms with van der Waals surface area (Å²) < 4.78 is 0. The van der Waals surface area contributed by atoms with Crippen molar-refractivity contribution in [1.82, 2.24) is 19.6 Å². The van der Waals surface area contributed by atoms with Gasteiger partial charge in [0.25, 0.3) is 0 Å². The van der Waals surface area contributed by atoms with Crippen molar-refractivity contribution in [2.75, 3.05) is 52.4 Å². The molecule has 0 aromatic rings. The van der Waals surface area contributed by atoms with Gasteiger partial charge in [-0.05, 0) is 0 Å². The Morgan fingerprint density at radius 3 is 0.640 bits per heavy atom. The maximum atomic E-state index is 11.2. The van der Waals surface area contributed by atoms with Crippen LogP contribution in [0.3, 0.4) is 0 Å². The first kappa shape index (κ1) is 23.4. The van der Waals surface area contributed by atoms with Crippen molar-refractivity contribution in [2.45, 2.75) is 0 Å². The molecule has 0 spiro atoms. The normalized spacial score (nSPS) is 17.0. The average molecular weight is 506 g/mol. The van der Waals surface area contributed by atoms with Crippen LogP contribution in [-0.4, -0.2) is 117 Å². The molecule has 1 fully saturated rings. The van der Waals surface area contributed by atoms with Crippen molar-refractivity contribution >= 4 is 24.4 Å². The predicted octanol–water partition coefficient (Wildman–Crippen LogP) is -0.0800. The SMILES string of the molecule is O=C(O)N1CCN(C(=O)O)CCN(C(=O)O)CCN(C(=O)O)CC1.[Gd]. The van der Waals surface area contributed by atoms with Crippen LogP contribution in [0.15, 0.2) is 0 Å². The molecule has 12 nitrogen and oxygen atoms in total. The maximum Gasteiger partial charge on any atom is 0.407 e. The van der Waals surface area contributed by atoms with E-state index in [1.165, 1.54) is 0 Å². The first-order chi connectivity index (χ1) is 11.2. The third-order valence-electron chi connectivity index (χ3n) is 3.64. The van der Waals surface area contributed by atoms with Gasteiger partial charge in [-0.25, -0.2) is 19.2 Å². The van der Waals surface area contributed by atoms with Gasteiger partial charge in [0.1, 0.15) is 0 Å². The fourth-order valence-electron chi connectivity index (χ4n) is 2.18. The predicted molar refractivity (Wildman–Crippen MR) is 78.4 cm³/mol. The zero-order chi connectivity index (χ0) is 18.3. The molecule has 4 N–H and O–H groups in total. The van der Waals surface area contributed by atoms with Crippen molar-refractivity contribution in [3.8, 4) is 0 Å². The van der Waals surface area contributed by atoms with E-state index in [0.717, 1.165) is 19.6 Å². The zero-order valence-electron chi connectivity index (χ0n) is 13.2. The standard InChI is InChI=1S/C12H20N4O8.Gd/c17-9(18)13-1-2-14(10(19)20)5-6-16(12(23)24)8-7-15(4-3-13)11(21)22;/h1-8H2,(H,17,18)(H,19,20)(H,21,22)(H,23,24);. The van der Waals surface area contributed by atoms with Crippen LogP contribution < -0.4 is 0 Å². The van der Waals surface area contributed by atoms with Crippen molar-refractivity contribution in [2.24, 2.45) is 0 Å². The first-order valence-corrected chi connectivity index (χ1v) is 7.14. The number of rotatable bonds is 0. The summed E-state index contributed by atoms with van der Waals surface area (Å²) in [4.78, 5) is 48.4. The topological polar surface area (TPSA) is 162 Å². The molecule has 0 aromatic carbocycles. The van der Waals surface area contributed by atoms with Crippen LogP contribution in [0.2, 0.25) is 0 Å². The second-order valence-corrected chi connectivity index (χ2v) is 5.08. The van der Waals surface area contributed by atoms with Crippen LogP contribution >= 0.6 is 0 Å². The number of hydrogen-bond donors (Lipinski definition) is 4. The van der Waals surface area contributed by atoms with Gasteiger partial charge in [-0.15, -0.1) is 0 Å². The molecule has 0 aromatic heterocycles. The molecule has 0 atom stereocenters. The molecule has 1 aliphatic rings. The van der Waals surface area contributed by atoms with Gasteiger partial charge in [-0.1, -0.05) is 0 Å². The Morgan fingerprint density at radius 2 is 0.560 bits per heavy atom. The summed E-state index contributed by atoms with van der Waals surface area (Å²) in [6.45, 7) is -1.09. The van der Waals surface area contributed by atoms with E-state index in [2.05, 4.69) is 0 Å². The molecule has 0 saturated carbocycles. The van der Waals surface area contributed by atoms with Crippen molar-refractivity contribution in [3.05, 3.63) is 0 Å². The fourth-order valence-corrected chi connectivity index (χ4v) is 2.18. The number of amides is 4. The van der Waals surface area contributed by atoms with Gasteiger partial charge in [0.05, 0.1) is 0 Å². The van der Waals surface area contributed by atoms with Gasteiger partial charge in [-0.3, -0.25) is 0 Å². The van der Waals surface area contributed by atoms with Crippen LogP contribution in [0.25, 0.3) is 0 Å². The van der Waals surface area contributed by atoms with E-state index in [4.69, 9.17) is 20.4 Å². The van der Waals surface area contributed by atoms with E-state index in [1.54, 1.807) is 0 Å². The minimum Gasteiger partial charge on any atom is -0.465 e. The number of nitrogens with zero attached hydrogens (tertiary/aromatic N) is 4. The van der Waals surface area contributed by atoms with Crippen LogP contribution in [0.5, 0.6) is 0 Å². The molecule has 0 radical (unpaired) electrons. The Bertz CT molecular complexity index is 402. The van der Waals surface area contributed by atoms with Crippen LogP contribution in [0.4, 0.5) is 19.2 Å². The zero-order valence-corrected chi connectivity index (χ0v) is 15.5. The maximum absolute atomic E-state index is 11.2. The summed E-state index contributed by atoms with van der Waals surface area (Å²) in [6, 6.07) is 0. The Labute approximate surface area is 175 Å². The van der Waals surface area contributed by atoms with Crippen molar-refractivity contribution in [1.29, 1.82) is 0 Å². The molecule has 1 aliphatic heterocycles. The quantitative estimate of drug-likeness (QED) is 0.355. The molecule has 144 valence electrons. The van der Waals surface area contributed by atoms with Crippen LogP contribution in [0, 0.1) is 39.9 Å². The summed E-state index contributed by atoms with van der Waals surface area (Å²) in [5, 5.41) is 36.5. The molecular weight excluding hydrogens is 485 g/mol. The smallest absolute Gasteiger partial charge is 0.407 e. The van der Waals surface area contributed by atoms with Crippen LogP contribution in [-0.2, 0) is 0 Å². The average Bonchev–Trinajstić information content (AvgIpc) is 2.46. The second-order valence-electron chi connectivity index (χ2n) is 5.08. The molecule has 13 heteroatoms. The Hall–Kier alpha value is -1.60. The minimum absolute atomic E-state index is 0. The molecule has 25 heavy (non-hydrogen) atoms. The van der Waals surface area contributed by atoms with Crippen LogP contribution in [0.1, 0.15) is 0 Å². The minimum atomic E-state index is -1.28. The van der Waals surface area contributed by atoms with E-state index in [9.17, 15) is 19.2 Å². The van der Waals surface area contributed by atoms with Gasteiger partial charge < -0.3 is 40.0 Å². The molecule has 4 amide bonds. The van der Waals surface area contributed by atoms with Gasteiger partial charge in [0, 0.05) is 92.3 Å². The summed E-state index contributed by atoms with van der Waals surface area (Å²) in [5.41, 5.74) is 0. The van der Waals surface area contributed by atoms with Gasteiger partial charge in [0.2, 0.25) is 0 Å². The van der Waals surface area contributed by atoms with Crippen molar-refractivity contribution < 1.29 is 79.5 Å². The molecule has 1 rings (SSSR count). The largest absolute Gasteiger partial charge is 0.465 e. The molecule has 1 heterocycles. The van der Waals surface area contributed by atoms with Crippen molar-refractivity contribution in [3.63, 3.8) is 0 Å². The molecule has 1 saturated heterocycles. The summed E-state index contributed by atoms with van der Waals surface area (Å²) >= 11 is 0. The summed E-state index contributed by atoms with van der Waals surface area (Å²) in [6.07, 6.45) is -5.13. The second kappa shape index (κ2) is 11.1.